The van der Waals surface area contributed by atoms with Gasteiger partial charge in [0, 0.05) is 0 Å². The van der Waals surface area contributed by atoms with Crippen LogP contribution in [0.5, 0.6) is 0 Å². The maximum absolute atomic E-state index is 11.8. The van der Waals surface area contributed by atoms with Crippen molar-refractivity contribution < 1.29 is 9.90 Å². The van der Waals surface area contributed by atoms with Crippen molar-refractivity contribution in [2.24, 2.45) is 0 Å². The SMILES string of the molecule is CC(c1ccccc1)n1c(SCC(=O)O)n[nH]c1=O. The van der Waals surface area contributed by atoms with Crippen molar-refractivity contribution in [3.8, 4) is 0 Å². The summed E-state index contributed by atoms with van der Waals surface area (Å²) in [5.41, 5.74) is 0.618. The highest BCUT2D eigenvalue weighted by atomic mass is 32.2. The highest BCUT2D eigenvalue weighted by molar-refractivity contribution is 7.99. The molecule has 1 atom stereocenters. The molecule has 0 aliphatic heterocycles. The minimum absolute atomic E-state index is 0.133. The summed E-state index contributed by atoms with van der Waals surface area (Å²) in [5.74, 6) is -1.08. The number of H-pyrrole nitrogens is 1. The molecule has 2 aromatic rings. The summed E-state index contributed by atoms with van der Waals surface area (Å²) in [6.07, 6.45) is 0. The number of hydrogen-bond acceptors (Lipinski definition) is 4. The van der Waals surface area contributed by atoms with Crippen LogP contribution in [0.3, 0.4) is 0 Å². The molecule has 7 heteroatoms. The van der Waals surface area contributed by atoms with E-state index < -0.39 is 5.97 Å². The van der Waals surface area contributed by atoms with E-state index in [0.29, 0.717) is 5.16 Å². The van der Waals surface area contributed by atoms with Crippen molar-refractivity contribution >= 4 is 17.7 Å². The lowest BCUT2D eigenvalue weighted by Gasteiger charge is -2.14. The van der Waals surface area contributed by atoms with Gasteiger partial charge in [0.05, 0.1) is 11.8 Å². The molecule has 0 radical (unpaired) electrons. The zero-order chi connectivity index (χ0) is 13.8. The molecule has 6 nitrogen and oxygen atoms in total. The Kier molecular flexibility index (Phi) is 4.06. The molecule has 19 heavy (non-hydrogen) atoms. The molecule has 1 aromatic carbocycles. The average Bonchev–Trinajstić information content (AvgIpc) is 2.78. The maximum Gasteiger partial charge on any atom is 0.344 e. The van der Waals surface area contributed by atoms with Gasteiger partial charge in [-0.15, -0.1) is 5.10 Å². The topological polar surface area (TPSA) is 88.0 Å². The number of carboxylic acid groups (broad SMARTS) is 1. The number of aliphatic carboxylic acids is 1. The first-order chi connectivity index (χ1) is 9.09. The van der Waals surface area contributed by atoms with E-state index in [9.17, 15) is 9.59 Å². The van der Waals surface area contributed by atoms with Crippen LogP contribution in [0.25, 0.3) is 0 Å². The Balaban J connectivity index is 2.31. The van der Waals surface area contributed by atoms with Gasteiger partial charge in [-0.05, 0) is 12.5 Å². The second-order valence-electron chi connectivity index (χ2n) is 3.95. The molecule has 0 fully saturated rings. The number of nitrogens with one attached hydrogen (secondary N) is 1. The van der Waals surface area contributed by atoms with Gasteiger partial charge in [-0.2, -0.15) is 0 Å². The molecule has 2 N–H and O–H groups in total. The molecule has 0 amide bonds. The standard InChI is InChI=1S/C12H13N3O3S/c1-8(9-5-3-2-4-6-9)15-11(18)13-14-12(15)19-7-10(16)17/h2-6,8H,7H2,1H3,(H,13,18)(H,16,17). The summed E-state index contributed by atoms with van der Waals surface area (Å²) >= 11 is 1.02. The van der Waals surface area contributed by atoms with Crippen molar-refractivity contribution in [3.63, 3.8) is 0 Å². The number of rotatable bonds is 5. The van der Waals surface area contributed by atoms with Gasteiger partial charge >= 0.3 is 11.7 Å². The average molecular weight is 279 g/mol. The zero-order valence-corrected chi connectivity index (χ0v) is 11.1. The molecule has 0 aliphatic rings. The molecule has 1 unspecified atom stereocenters. The monoisotopic (exact) mass is 279 g/mol. The smallest absolute Gasteiger partial charge is 0.344 e. The highest BCUT2D eigenvalue weighted by Crippen LogP contribution is 2.21. The molecule has 2 rings (SSSR count). The van der Waals surface area contributed by atoms with E-state index in [4.69, 9.17) is 5.11 Å². The number of carboxylic acids is 1. The third-order valence-corrected chi connectivity index (χ3v) is 3.60. The summed E-state index contributed by atoms with van der Waals surface area (Å²) in [6, 6.07) is 9.30. The molecule has 100 valence electrons. The maximum atomic E-state index is 11.8. The second kappa shape index (κ2) is 5.75. The molecular weight excluding hydrogens is 266 g/mol. The Hall–Kier alpha value is -2.02. The molecule has 0 aliphatic carbocycles. The third-order valence-electron chi connectivity index (χ3n) is 2.67. The largest absolute Gasteiger partial charge is 0.481 e. The number of nitrogens with zero attached hydrogens (tertiary/aromatic N) is 2. The number of thioether (sulfide) groups is 1. The van der Waals surface area contributed by atoms with Crippen LogP contribution in [-0.4, -0.2) is 31.6 Å². The van der Waals surface area contributed by atoms with E-state index >= 15 is 0 Å². The van der Waals surface area contributed by atoms with Crippen molar-refractivity contribution in [3.05, 3.63) is 46.4 Å². The van der Waals surface area contributed by atoms with Crippen LogP contribution in [0.15, 0.2) is 40.3 Å². The molecular formula is C12H13N3O3S. The van der Waals surface area contributed by atoms with Gasteiger partial charge in [0.2, 0.25) is 0 Å². The summed E-state index contributed by atoms with van der Waals surface area (Å²) < 4.78 is 1.46. The minimum Gasteiger partial charge on any atom is -0.481 e. The van der Waals surface area contributed by atoms with Gasteiger partial charge in [0.1, 0.15) is 0 Å². The van der Waals surface area contributed by atoms with Gasteiger partial charge in [-0.1, -0.05) is 42.1 Å². The Morgan fingerprint density at radius 2 is 2.16 bits per heavy atom. The normalized spacial score (nSPS) is 12.3. The van der Waals surface area contributed by atoms with Crippen molar-refractivity contribution in [1.29, 1.82) is 0 Å². The van der Waals surface area contributed by atoms with Gasteiger partial charge in [0.15, 0.2) is 5.16 Å². The Morgan fingerprint density at radius 1 is 1.47 bits per heavy atom. The van der Waals surface area contributed by atoms with Crippen LogP contribution in [-0.2, 0) is 4.79 Å². The predicted molar refractivity (Wildman–Crippen MR) is 71.5 cm³/mol. The first kappa shape index (κ1) is 13.4. The van der Waals surface area contributed by atoms with E-state index in [2.05, 4.69) is 10.2 Å². The lowest BCUT2D eigenvalue weighted by Crippen LogP contribution is -2.22. The molecule has 0 saturated carbocycles. The molecule has 0 saturated heterocycles. The predicted octanol–water partition coefficient (Wildman–Crippen LogP) is 1.36. The Labute approximate surface area is 113 Å². The molecule has 0 spiro atoms. The van der Waals surface area contributed by atoms with E-state index in [0.717, 1.165) is 17.3 Å². The number of aromatic amines is 1. The van der Waals surface area contributed by atoms with Crippen LogP contribution in [0.2, 0.25) is 0 Å². The number of hydrogen-bond donors (Lipinski definition) is 2. The minimum atomic E-state index is -0.945. The lowest BCUT2D eigenvalue weighted by atomic mass is 10.1. The first-order valence-electron chi connectivity index (χ1n) is 5.66. The van der Waals surface area contributed by atoms with E-state index in [1.165, 1.54) is 4.57 Å². The summed E-state index contributed by atoms with van der Waals surface area (Å²) in [7, 11) is 0. The molecule has 1 heterocycles. The summed E-state index contributed by atoms with van der Waals surface area (Å²) in [6.45, 7) is 1.87. The van der Waals surface area contributed by atoms with Crippen molar-refractivity contribution in [2.75, 3.05) is 5.75 Å². The second-order valence-corrected chi connectivity index (χ2v) is 4.89. The Bertz CT molecular complexity index is 621. The summed E-state index contributed by atoms with van der Waals surface area (Å²) in [5, 5.41) is 15.3. The van der Waals surface area contributed by atoms with E-state index in [1.54, 1.807) is 0 Å². The van der Waals surface area contributed by atoms with Gasteiger partial charge in [-0.3, -0.25) is 9.36 Å². The first-order valence-corrected chi connectivity index (χ1v) is 6.64. The number of carbonyl (C=O) groups is 1. The van der Waals surface area contributed by atoms with Crippen LogP contribution in [0.4, 0.5) is 0 Å². The van der Waals surface area contributed by atoms with Crippen LogP contribution in [0, 0.1) is 0 Å². The fourth-order valence-corrected chi connectivity index (χ4v) is 2.48. The third kappa shape index (κ3) is 3.05. The van der Waals surface area contributed by atoms with Gasteiger partial charge in [0.25, 0.3) is 0 Å². The number of benzene rings is 1. The van der Waals surface area contributed by atoms with Gasteiger partial charge in [-0.25, -0.2) is 9.89 Å². The fraction of sp³-hybridized carbons (Fsp3) is 0.250. The lowest BCUT2D eigenvalue weighted by molar-refractivity contribution is -0.133. The van der Waals surface area contributed by atoms with Crippen molar-refractivity contribution in [1.82, 2.24) is 14.8 Å². The quantitative estimate of drug-likeness (QED) is 0.807. The van der Waals surface area contributed by atoms with E-state index in [-0.39, 0.29) is 17.5 Å². The number of aromatic nitrogens is 3. The molecule has 1 aromatic heterocycles. The zero-order valence-electron chi connectivity index (χ0n) is 10.2. The van der Waals surface area contributed by atoms with Gasteiger partial charge < -0.3 is 5.11 Å². The molecule has 0 bridgehead atoms. The van der Waals surface area contributed by atoms with Crippen LogP contribution >= 0.6 is 11.8 Å². The highest BCUT2D eigenvalue weighted by Gasteiger charge is 2.17. The fourth-order valence-electron chi connectivity index (χ4n) is 1.74. The van der Waals surface area contributed by atoms with Crippen molar-refractivity contribution in [2.45, 2.75) is 18.1 Å². The Morgan fingerprint density at radius 3 is 2.79 bits per heavy atom. The van der Waals surface area contributed by atoms with Crippen LogP contribution < -0.4 is 5.69 Å². The summed E-state index contributed by atoms with van der Waals surface area (Å²) in [4.78, 5) is 22.4. The van der Waals surface area contributed by atoms with E-state index in [1.807, 2.05) is 37.3 Å². The van der Waals surface area contributed by atoms with Crippen LogP contribution in [0.1, 0.15) is 18.5 Å².